The number of hydrogen-bond acceptors (Lipinski definition) is 4. The van der Waals surface area contributed by atoms with E-state index in [1.165, 1.54) is 44.9 Å². The first kappa shape index (κ1) is 25.7. The van der Waals surface area contributed by atoms with E-state index < -0.39 is 10.1 Å². The molecule has 0 amide bonds. The Morgan fingerprint density at radius 1 is 0.773 bits per heavy atom. The van der Waals surface area contributed by atoms with Crippen molar-refractivity contribution < 1.29 is 69.5 Å². The van der Waals surface area contributed by atoms with E-state index >= 15 is 0 Å². The molecule has 0 fully saturated rings. The smallest absolute Gasteiger partial charge is 0.748 e. The molecule has 0 saturated heterocycles. The Labute approximate surface area is 180 Å². The van der Waals surface area contributed by atoms with Crippen molar-refractivity contribution in [3.05, 3.63) is 0 Å². The SMILES string of the molecule is CC(O)CCCCCCCCCCCCCCS(=O)(=O)[O-].[K+]. The summed E-state index contributed by atoms with van der Waals surface area (Å²) in [5.74, 6) is -0.206. The Morgan fingerprint density at radius 3 is 1.41 bits per heavy atom. The minimum Gasteiger partial charge on any atom is -0.748 e. The number of hydrogen-bond donors (Lipinski definition) is 1. The molecule has 0 aromatic rings. The Bertz CT molecular complexity index is 318. The summed E-state index contributed by atoms with van der Waals surface area (Å²) < 4.78 is 31.2. The molecule has 0 aromatic heterocycles. The van der Waals surface area contributed by atoms with E-state index in [1.807, 2.05) is 6.92 Å². The topological polar surface area (TPSA) is 77.4 Å². The van der Waals surface area contributed by atoms with Gasteiger partial charge < -0.3 is 9.66 Å². The summed E-state index contributed by atoms with van der Waals surface area (Å²) >= 11 is 0. The standard InChI is InChI=1S/C16H34O4S.K/c1-16(17)14-12-10-8-6-4-2-3-5-7-9-11-13-15-21(18,19)20;/h16-17H,2-15H2,1H3,(H,18,19,20);/q;+1/p-1. The van der Waals surface area contributed by atoms with Crippen LogP contribution in [0.2, 0.25) is 0 Å². The maximum Gasteiger partial charge on any atom is 1.00 e. The molecule has 0 radical (unpaired) electrons. The first-order chi connectivity index (χ1) is 9.92. The first-order valence-electron chi connectivity index (χ1n) is 8.53. The van der Waals surface area contributed by atoms with Crippen molar-refractivity contribution in [2.45, 2.75) is 96.5 Å². The van der Waals surface area contributed by atoms with Gasteiger partial charge in [0.2, 0.25) is 0 Å². The minimum atomic E-state index is -4.01. The van der Waals surface area contributed by atoms with Crippen molar-refractivity contribution in [2.75, 3.05) is 5.75 Å². The fourth-order valence-electron chi connectivity index (χ4n) is 2.49. The van der Waals surface area contributed by atoms with Crippen LogP contribution >= 0.6 is 0 Å². The summed E-state index contributed by atoms with van der Waals surface area (Å²) in [7, 11) is -4.01. The van der Waals surface area contributed by atoms with Gasteiger partial charge in [0.1, 0.15) is 0 Å². The third-order valence-corrected chi connectivity index (χ3v) is 4.55. The molecule has 128 valence electrons. The van der Waals surface area contributed by atoms with Crippen LogP contribution in [0.5, 0.6) is 0 Å². The molecule has 0 heterocycles. The maximum absolute atomic E-state index is 10.4. The summed E-state index contributed by atoms with van der Waals surface area (Å²) in [6, 6.07) is 0. The predicted molar refractivity (Wildman–Crippen MR) is 86.3 cm³/mol. The third-order valence-electron chi connectivity index (χ3n) is 3.77. The first-order valence-corrected chi connectivity index (χ1v) is 10.1. The van der Waals surface area contributed by atoms with E-state index in [0.29, 0.717) is 6.42 Å². The van der Waals surface area contributed by atoms with E-state index in [4.69, 9.17) is 5.11 Å². The molecule has 6 heteroatoms. The van der Waals surface area contributed by atoms with Crippen LogP contribution in [0.4, 0.5) is 0 Å². The number of rotatable bonds is 15. The van der Waals surface area contributed by atoms with Gasteiger partial charge in [-0.25, -0.2) is 8.42 Å². The molecule has 4 nitrogen and oxygen atoms in total. The molecule has 0 spiro atoms. The fourth-order valence-corrected chi connectivity index (χ4v) is 3.04. The third kappa shape index (κ3) is 23.8. The fraction of sp³-hybridized carbons (Fsp3) is 1.00. The summed E-state index contributed by atoms with van der Waals surface area (Å²) in [6.45, 7) is 1.85. The number of unbranched alkanes of at least 4 members (excludes halogenated alkanes) is 11. The van der Waals surface area contributed by atoms with Crippen LogP contribution in [0.3, 0.4) is 0 Å². The zero-order chi connectivity index (χ0) is 16.0. The predicted octanol–water partition coefficient (Wildman–Crippen LogP) is 0.988. The van der Waals surface area contributed by atoms with Crippen LogP contribution in [-0.2, 0) is 10.1 Å². The summed E-state index contributed by atoms with van der Waals surface area (Å²) in [6.07, 6.45) is 14.3. The molecule has 1 unspecified atom stereocenters. The number of aliphatic hydroxyl groups excluding tert-OH is 1. The molecule has 0 aliphatic rings. The van der Waals surface area contributed by atoms with Crippen molar-refractivity contribution in [1.82, 2.24) is 0 Å². The van der Waals surface area contributed by atoms with Gasteiger partial charge in [0, 0.05) is 5.75 Å². The van der Waals surface area contributed by atoms with Crippen LogP contribution < -0.4 is 51.4 Å². The molecule has 0 rings (SSSR count). The Kier molecular flexibility index (Phi) is 20.3. The Balaban J connectivity index is 0. The van der Waals surface area contributed by atoms with Crippen molar-refractivity contribution in [3.63, 3.8) is 0 Å². The largest absolute Gasteiger partial charge is 1.00 e. The second-order valence-electron chi connectivity index (χ2n) is 6.14. The minimum absolute atomic E-state index is 0. The zero-order valence-corrected chi connectivity index (χ0v) is 18.5. The van der Waals surface area contributed by atoms with Crippen LogP contribution in [0.1, 0.15) is 90.4 Å². The zero-order valence-electron chi connectivity index (χ0n) is 14.6. The average Bonchev–Trinajstić information content (AvgIpc) is 2.37. The van der Waals surface area contributed by atoms with Crippen LogP contribution in [-0.4, -0.2) is 29.9 Å². The maximum atomic E-state index is 10.4. The normalized spacial score (nSPS) is 12.9. The van der Waals surface area contributed by atoms with Crippen molar-refractivity contribution in [3.8, 4) is 0 Å². The van der Waals surface area contributed by atoms with Crippen molar-refractivity contribution in [2.24, 2.45) is 0 Å². The second kappa shape index (κ2) is 17.3. The van der Waals surface area contributed by atoms with E-state index in [2.05, 4.69) is 0 Å². The summed E-state index contributed by atoms with van der Waals surface area (Å²) in [4.78, 5) is 0. The Morgan fingerprint density at radius 2 is 1.09 bits per heavy atom. The summed E-state index contributed by atoms with van der Waals surface area (Å²) in [5, 5.41) is 9.12. The van der Waals surface area contributed by atoms with Gasteiger partial charge in [-0.1, -0.05) is 70.6 Å². The quantitative estimate of drug-likeness (QED) is 0.268. The van der Waals surface area contributed by atoms with E-state index in [9.17, 15) is 13.0 Å². The van der Waals surface area contributed by atoms with E-state index in [1.54, 1.807) is 0 Å². The molecule has 0 bridgehead atoms. The van der Waals surface area contributed by atoms with Crippen LogP contribution in [0.15, 0.2) is 0 Å². The van der Waals surface area contributed by atoms with Gasteiger partial charge in [0.15, 0.2) is 0 Å². The Hall–Kier alpha value is 1.51. The second-order valence-corrected chi connectivity index (χ2v) is 7.67. The monoisotopic (exact) mass is 360 g/mol. The molecular formula is C16H33KO4S. The van der Waals surface area contributed by atoms with Crippen LogP contribution in [0.25, 0.3) is 0 Å². The molecular weight excluding hydrogens is 327 g/mol. The average molecular weight is 361 g/mol. The van der Waals surface area contributed by atoms with Gasteiger partial charge in [0.05, 0.1) is 16.2 Å². The van der Waals surface area contributed by atoms with Gasteiger partial charge in [-0.2, -0.15) is 0 Å². The molecule has 22 heavy (non-hydrogen) atoms. The van der Waals surface area contributed by atoms with Gasteiger partial charge in [-0.3, -0.25) is 0 Å². The van der Waals surface area contributed by atoms with Crippen molar-refractivity contribution >= 4 is 10.1 Å². The van der Waals surface area contributed by atoms with Gasteiger partial charge in [-0.15, -0.1) is 0 Å². The molecule has 0 saturated carbocycles. The molecule has 0 aromatic carbocycles. The van der Waals surface area contributed by atoms with Crippen molar-refractivity contribution in [1.29, 1.82) is 0 Å². The molecule has 0 aliphatic carbocycles. The summed E-state index contributed by atoms with van der Waals surface area (Å²) in [5.41, 5.74) is 0. The molecule has 0 aliphatic heterocycles. The van der Waals surface area contributed by atoms with Gasteiger partial charge in [0.25, 0.3) is 0 Å². The van der Waals surface area contributed by atoms with Crippen LogP contribution in [0, 0.1) is 0 Å². The molecule has 1 N–H and O–H groups in total. The molecule has 1 atom stereocenters. The number of aliphatic hydroxyl groups is 1. The van der Waals surface area contributed by atoms with Gasteiger partial charge >= 0.3 is 51.4 Å². The van der Waals surface area contributed by atoms with E-state index in [-0.39, 0.29) is 63.2 Å². The van der Waals surface area contributed by atoms with E-state index in [0.717, 1.165) is 32.1 Å². The van der Waals surface area contributed by atoms with Gasteiger partial charge in [-0.05, 0) is 19.8 Å².